The molecule has 1 heterocycles. The Balaban J connectivity index is 1.95. The summed E-state index contributed by atoms with van der Waals surface area (Å²) in [5.74, 6) is -2.24. The van der Waals surface area contributed by atoms with Crippen LogP contribution in [0.5, 0.6) is 0 Å². The van der Waals surface area contributed by atoms with Crippen LogP contribution < -0.4 is 0 Å². The third kappa shape index (κ3) is 2.09. The number of para-hydroxylation sites is 1. The average molecular weight is 272 g/mol. The van der Waals surface area contributed by atoms with Crippen LogP contribution in [0.3, 0.4) is 0 Å². The molecule has 0 amide bonds. The highest BCUT2D eigenvalue weighted by atomic mass is 19.2. The van der Waals surface area contributed by atoms with E-state index in [9.17, 15) is 13.6 Å². The van der Waals surface area contributed by atoms with E-state index in [0.29, 0.717) is 16.5 Å². The number of carbonyl (C=O) groups excluding carboxylic acids is 1. The lowest BCUT2D eigenvalue weighted by atomic mass is 10.0. The quantitative estimate of drug-likeness (QED) is 0.671. The molecule has 0 aliphatic heterocycles. The number of hydrogen-bond donors (Lipinski definition) is 0. The minimum Gasteiger partial charge on any atom is -0.464 e. The van der Waals surface area contributed by atoms with Crippen LogP contribution in [0.2, 0.25) is 0 Å². The number of furan rings is 1. The highest BCUT2D eigenvalue weighted by Gasteiger charge is 2.17. The normalized spacial score (nSPS) is 10.9. The van der Waals surface area contributed by atoms with E-state index in [1.54, 1.807) is 24.3 Å². The van der Waals surface area contributed by atoms with Crippen LogP contribution in [0, 0.1) is 11.6 Å². The first-order valence-electron chi connectivity index (χ1n) is 6.09. The molecular weight excluding hydrogens is 262 g/mol. The van der Waals surface area contributed by atoms with Crippen LogP contribution in [-0.2, 0) is 6.42 Å². The molecule has 3 aromatic rings. The summed E-state index contributed by atoms with van der Waals surface area (Å²) < 4.78 is 32.0. The molecule has 0 bridgehead atoms. The van der Waals surface area contributed by atoms with Crippen LogP contribution in [0.1, 0.15) is 15.9 Å². The van der Waals surface area contributed by atoms with Gasteiger partial charge >= 0.3 is 0 Å². The molecule has 0 aliphatic carbocycles. The molecular formula is C16H10F2O2. The van der Waals surface area contributed by atoms with Crippen molar-refractivity contribution in [2.75, 3.05) is 0 Å². The molecule has 2 nitrogen and oxygen atoms in total. The Bertz CT molecular complexity index is 790. The standard InChI is InChI=1S/C16H10F2O2/c17-13-6-3-4-10(16(13)18)8-14(19)12-9-20-15-7-2-1-5-11(12)15/h1-7,9H,8H2. The van der Waals surface area contributed by atoms with Crippen LogP contribution in [-0.4, -0.2) is 5.78 Å². The van der Waals surface area contributed by atoms with E-state index in [-0.39, 0.29) is 17.8 Å². The number of benzene rings is 2. The predicted octanol–water partition coefficient (Wildman–Crippen LogP) is 4.14. The average Bonchev–Trinajstić information content (AvgIpc) is 2.88. The van der Waals surface area contributed by atoms with Gasteiger partial charge in [-0.1, -0.05) is 30.3 Å². The number of ketones is 1. The van der Waals surface area contributed by atoms with Gasteiger partial charge < -0.3 is 4.42 Å². The highest BCUT2D eigenvalue weighted by molar-refractivity contribution is 6.07. The number of halogens is 2. The lowest BCUT2D eigenvalue weighted by Crippen LogP contribution is -2.05. The van der Waals surface area contributed by atoms with Crippen LogP contribution in [0.15, 0.2) is 53.1 Å². The zero-order valence-electron chi connectivity index (χ0n) is 10.4. The molecule has 0 radical (unpaired) electrons. The minimum absolute atomic E-state index is 0.0419. The smallest absolute Gasteiger partial charge is 0.171 e. The molecule has 0 aliphatic rings. The molecule has 2 aromatic carbocycles. The molecule has 0 N–H and O–H groups in total. The summed E-state index contributed by atoms with van der Waals surface area (Å²) in [6.07, 6.45) is 1.15. The first-order valence-corrected chi connectivity index (χ1v) is 6.09. The van der Waals surface area contributed by atoms with Gasteiger partial charge in [-0.25, -0.2) is 8.78 Å². The Labute approximate surface area is 113 Å². The summed E-state index contributed by atoms with van der Waals surface area (Å²) in [4.78, 5) is 12.2. The SMILES string of the molecule is O=C(Cc1cccc(F)c1F)c1coc2ccccc12. The van der Waals surface area contributed by atoms with Crippen molar-refractivity contribution in [2.24, 2.45) is 0 Å². The van der Waals surface area contributed by atoms with E-state index in [1.165, 1.54) is 18.4 Å². The summed E-state index contributed by atoms with van der Waals surface area (Å²) >= 11 is 0. The maximum absolute atomic E-state index is 13.6. The van der Waals surface area contributed by atoms with E-state index in [4.69, 9.17) is 4.42 Å². The van der Waals surface area contributed by atoms with Gasteiger partial charge in [-0.3, -0.25) is 4.79 Å². The summed E-state index contributed by atoms with van der Waals surface area (Å²) in [5, 5.41) is 0.675. The Morgan fingerprint density at radius 2 is 1.85 bits per heavy atom. The fourth-order valence-corrected chi connectivity index (χ4v) is 2.15. The molecule has 0 unspecified atom stereocenters. The number of carbonyl (C=O) groups is 1. The molecule has 0 saturated heterocycles. The largest absolute Gasteiger partial charge is 0.464 e. The Hall–Kier alpha value is -2.49. The third-order valence-corrected chi connectivity index (χ3v) is 3.16. The van der Waals surface area contributed by atoms with Gasteiger partial charge in [0.2, 0.25) is 0 Å². The fraction of sp³-hybridized carbons (Fsp3) is 0.0625. The highest BCUT2D eigenvalue weighted by Crippen LogP contribution is 2.23. The summed E-state index contributed by atoms with van der Waals surface area (Å²) in [5.41, 5.74) is 1.01. The molecule has 20 heavy (non-hydrogen) atoms. The number of hydrogen-bond acceptors (Lipinski definition) is 2. The van der Waals surface area contributed by atoms with Gasteiger partial charge in [-0.2, -0.15) is 0 Å². The molecule has 3 rings (SSSR count). The second kappa shape index (κ2) is 4.89. The maximum Gasteiger partial charge on any atom is 0.171 e. The Morgan fingerprint density at radius 1 is 1.05 bits per heavy atom. The van der Waals surface area contributed by atoms with E-state index < -0.39 is 11.6 Å². The van der Waals surface area contributed by atoms with Gasteiger partial charge in [0.15, 0.2) is 17.4 Å². The first kappa shape index (κ1) is 12.5. The van der Waals surface area contributed by atoms with Crippen molar-refractivity contribution in [1.29, 1.82) is 0 Å². The monoisotopic (exact) mass is 272 g/mol. The molecule has 0 fully saturated rings. The first-order chi connectivity index (χ1) is 9.66. The second-order valence-electron chi connectivity index (χ2n) is 4.46. The molecule has 0 saturated carbocycles. The van der Waals surface area contributed by atoms with Gasteiger partial charge in [0, 0.05) is 11.8 Å². The van der Waals surface area contributed by atoms with Gasteiger partial charge in [0.1, 0.15) is 11.8 Å². The molecule has 4 heteroatoms. The fourth-order valence-electron chi connectivity index (χ4n) is 2.15. The Morgan fingerprint density at radius 3 is 2.70 bits per heavy atom. The molecule has 100 valence electrons. The van der Waals surface area contributed by atoms with E-state index >= 15 is 0 Å². The van der Waals surface area contributed by atoms with Gasteiger partial charge in [-0.15, -0.1) is 0 Å². The van der Waals surface area contributed by atoms with E-state index in [2.05, 4.69) is 0 Å². The van der Waals surface area contributed by atoms with Crippen LogP contribution in [0.25, 0.3) is 11.0 Å². The summed E-state index contributed by atoms with van der Waals surface area (Å²) in [7, 11) is 0. The van der Waals surface area contributed by atoms with Crippen molar-refractivity contribution in [2.45, 2.75) is 6.42 Å². The lowest BCUT2D eigenvalue weighted by Gasteiger charge is -2.02. The second-order valence-corrected chi connectivity index (χ2v) is 4.46. The van der Waals surface area contributed by atoms with Crippen LogP contribution in [0.4, 0.5) is 8.78 Å². The zero-order valence-corrected chi connectivity index (χ0v) is 10.4. The zero-order chi connectivity index (χ0) is 14.1. The van der Waals surface area contributed by atoms with Crippen molar-refractivity contribution in [1.82, 2.24) is 0 Å². The van der Waals surface area contributed by atoms with Crippen molar-refractivity contribution in [3.8, 4) is 0 Å². The summed E-state index contributed by atoms with van der Waals surface area (Å²) in [6.45, 7) is 0. The topological polar surface area (TPSA) is 30.2 Å². The van der Waals surface area contributed by atoms with Gasteiger partial charge in [0.05, 0.1) is 5.56 Å². The predicted molar refractivity (Wildman–Crippen MR) is 70.6 cm³/mol. The molecule has 1 aromatic heterocycles. The lowest BCUT2D eigenvalue weighted by molar-refractivity contribution is 0.0992. The van der Waals surface area contributed by atoms with Crippen molar-refractivity contribution < 1.29 is 18.0 Å². The summed E-state index contributed by atoms with van der Waals surface area (Å²) in [6, 6.07) is 10.9. The van der Waals surface area contributed by atoms with Gasteiger partial charge in [0.25, 0.3) is 0 Å². The van der Waals surface area contributed by atoms with E-state index in [0.717, 1.165) is 6.07 Å². The van der Waals surface area contributed by atoms with Crippen LogP contribution >= 0.6 is 0 Å². The number of Topliss-reactive ketones (excluding diaryl/α,β-unsaturated/α-hetero) is 1. The van der Waals surface area contributed by atoms with E-state index in [1.807, 2.05) is 0 Å². The third-order valence-electron chi connectivity index (χ3n) is 3.16. The molecule has 0 spiro atoms. The van der Waals surface area contributed by atoms with Crippen molar-refractivity contribution >= 4 is 16.8 Å². The number of fused-ring (bicyclic) bond motifs is 1. The minimum atomic E-state index is -0.978. The maximum atomic E-state index is 13.6. The molecule has 0 atom stereocenters. The number of rotatable bonds is 3. The van der Waals surface area contributed by atoms with Crippen molar-refractivity contribution in [3.63, 3.8) is 0 Å². The van der Waals surface area contributed by atoms with Crippen molar-refractivity contribution in [3.05, 3.63) is 71.5 Å². The van der Waals surface area contributed by atoms with Gasteiger partial charge in [-0.05, 0) is 17.7 Å². The Kier molecular flexibility index (Phi) is 3.06.